The monoisotopic (exact) mass is 543 g/mol. The molecular weight excluding hydrogens is 514 g/mol. The number of hydrogen-bond donors (Lipinski definition) is 1. The van der Waals surface area contributed by atoms with Gasteiger partial charge < -0.3 is 14.6 Å². The molecule has 1 aromatic carbocycles. The van der Waals surface area contributed by atoms with Crippen LogP contribution in [-0.4, -0.2) is 26.4 Å². The van der Waals surface area contributed by atoms with E-state index in [-0.39, 0.29) is 23.7 Å². The first-order valence-corrected chi connectivity index (χ1v) is 14.1. The molecule has 10 heteroatoms. The van der Waals surface area contributed by atoms with Crippen LogP contribution >= 0.6 is 34.7 Å². The molecule has 4 rings (SSSR count). The maximum Gasteiger partial charge on any atom is 0.235 e. The number of nitriles is 1. The van der Waals surface area contributed by atoms with E-state index in [1.165, 1.54) is 16.6 Å². The largest absolute Gasteiger partial charge is 0.486 e. The van der Waals surface area contributed by atoms with E-state index in [1.54, 1.807) is 35.6 Å². The first-order chi connectivity index (χ1) is 17.2. The number of aromatic nitrogens is 3. The van der Waals surface area contributed by atoms with Crippen molar-refractivity contribution in [2.75, 3.05) is 11.1 Å². The zero-order valence-electron chi connectivity index (χ0n) is 20.9. The number of nitrogens with zero attached hydrogens (tertiary/aromatic N) is 4. The molecule has 3 aromatic rings. The Kier molecular flexibility index (Phi) is 8.28. The molecule has 1 atom stereocenters. The van der Waals surface area contributed by atoms with Gasteiger partial charge in [0.25, 0.3) is 0 Å². The standard InChI is InChI=1S/C26H30ClN5O2S2/c1-5-32-22(14-34-18-9-7-17(27)8-10-18)30-31-25(32)35-15-23(33)29-24-20(13-28)19-11-6-16(26(2,3)4)12-21(19)36-24/h7-10,16H,5-6,11-12,14-15H2,1-4H3,(H,29,33)/t16-/m1/s1. The van der Waals surface area contributed by atoms with Crippen molar-refractivity contribution in [3.8, 4) is 11.8 Å². The van der Waals surface area contributed by atoms with Gasteiger partial charge in [0.1, 0.15) is 23.4 Å². The molecule has 0 saturated carbocycles. The molecule has 2 aromatic heterocycles. The van der Waals surface area contributed by atoms with Crippen LogP contribution in [0, 0.1) is 22.7 Å². The summed E-state index contributed by atoms with van der Waals surface area (Å²) in [5, 5.41) is 23.2. The van der Waals surface area contributed by atoms with Crippen LogP contribution in [0.2, 0.25) is 5.02 Å². The van der Waals surface area contributed by atoms with E-state index in [9.17, 15) is 10.1 Å². The van der Waals surface area contributed by atoms with E-state index in [0.717, 1.165) is 24.8 Å². The number of benzene rings is 1. The molecule has 1 aliphatic rings. The topological polar surface area (TPSA) is 92.8 Å². The molecule has 1 N–H and O–H groups in total. The third-order valence-corrected chi connectivity index (χ3v) is 8.87. The van der Waals surface area contributed by atoms with Crippen LogP contribution in [0.4, 0.5) is 5.00 Å². The zero-order valence-corrected chi connectivity index (χ0v) is 23.3. The Morgan fingerprint density at radius 3 is 2.75 bits per heavy atom. The second kappa shape index (κ2) is 11.2. The fourth-order valence-corrected chi connectivity index (χ4v) is 6.59. The Balaban J connectivity index is 1.37. The summed E-state index contributed by atoms with van der Waals surface area (Å²) >= 11 is 8.80. The van der Waals surface area contributed by atoms with Gasteiger partial charge in [0.05, 0.1) is 11.3 Å². The van der Waals surface area contributed by atoms with Gasteiger partial charge in [-0.15, -0.1) is 21.5 Å². The Bertz CT molecular complexity index is 1270. The number of halogens is 1. The van der Waals surface area contributed by atoms with Crippen LogP contribution in [0.3, 0.4) is 0 Å². The lowest BCUT2D eigenvalue weighted by Crippen LogP contribution is -2.26. The Labute approximate surface area is 225 Å². The number of carbonyl (C=O) groups is 1. The summed E-state index contributed by atoms with van der Waals surface area (Å²) < 4.78 is 7.74. The fraction of sp³-hybridized carbons (Fsp3) is 0.462. The van der Waals surface area contributed by atoms with Crippen LogP contribution < -0.4 is 10.1 Å². The van der Waals surface area contributed by atoms with Gasteiger partial charge in [-0.3, -0.25) is 4.79 Å². The number of anilines is 1. The minimum absolute atomic E-state index is 0.160. The van der Waals surface area contributed by atoms with E-state index < -0.39 is 0 Å². The van der Waals surface area contributed by atoms with Crippen LogP contribution in [0.25, 0.3) is 0 Å². The summed E-state index contributed by atoms with van der Waals surface area (Å²) in [6, 6.07) is 9.47. The highest BCUT2D eigenvalue weighted by atomic mass is 35.5. The van der Waals surface area contributed by atoms with Gasteiger partial charge in [-0.25, -0.2) is 0 Å². The second-order valence-electron chi connectivity index (χ2n) is 9.85. The van der Waals surface area contributed by atoms with Gasteiger partial charge in [0.15, 0.2) is 11.0 Å². The SMILES string of the molecule is CCn1c(COc2ccc(Cl)cc2)nnc1SCC(=O)Nc1sc2c(c1C#N)CC[C@@H](C(C)(C)C)C2. The molecule has 190 valence electrons. The molecule has 0 fully saturated rings. The number of thiophene rings is 1. The quantitative estimate of drug-likeness (QED) is 0.333. The molecule has 0 saturated heterocycles. The van der Waals surface area contributed by atoms with E-state index in [4.69, 9.17) is 16.3 Å². The summed E-state index contributed by atoms with van der Waals surface area (Å²) in [4.78, 5) is 14.0. The summed E-state index contributed by atoms with van der Waals surface area (Å²) in [5.74, 6) is 1.97. The third kappa shape index (κ3) is 6.05. The van der Waals surface area contributed by atoms with Gasteiger partial charge in [-0.2, -0.15) is 5.26 Å². The van der Waals surface area contributed by atoms with E-state index in [0.29, 0.717) is 44.8 Å². The highest BCUT2D eigenvalue weighted by Crippen LogP contribution is 2.44. The molecule has 1 aliphatic carbocycles. The lowest BCUT2D eigenvalue weighted by atomic mass is 9.72. The van der Waals surface area contributed by atoms with E-state index in [1.807, 2.05) is 11.5 Å². The summed E-state index contributed by atoms with van der Waals surface area (Å²) in [6.45, 7) is 9.72. The van der Waals surface area contributed by atoms with Crippen molar-refractivity contribution in [3.63, 3.8) is 0 Å². The summed E-state index contributed by atoms with van der Waals surface area (Å²) in [7, 11) is 0. The Morgan fingerprint density at radius 1 is 1.33 bits per heavy atom. The lowest BCUT2D eigenvalue weighted by Gasteiger charge is -2.33. The smallest absolute Gasteiger partial charge is 0.235 e. The van der Waals surface area contributed by atoms with Crippen LogP contribution in [0.1, 0.15) is 55.9 Å². The van der Waals surface area contributed by atoms with Crippen molar-refractivity contribution >= 4 is 45.6 Å². The predicted molar refractivity (Wildman–Crippen MR) is 145 cm³/mol. The van der Waals surface area contributed by atoms with E-state index >= 15 is 0 Å². The molecule has 7 nitrogen and oxygen atoms in total. The first kappa shape index (κ1) is 26.5. The summed E-state index contributed by atoms with van der Waals surface area (Å²) in [6.07, 6.45) is 2.92. The zero-order chi connectivity index (χ0) is 25.9. The maximum absolute atomic E-state index is 12.8. The Morgan fingerprint density at radius 2 is 2.08 bits per heavy atom. The van der Waals surface area contributed by atoms with Crippen molar-refractivity contribution in [1.82, 2.24) is 14.8 Å². The molecule has 0 bridgehead atoms. The predicted octanol–water partition coefficient (Wildman–Crippen LogP) is 6.35. The van der Waals surface area contributed by atoms with Gasteiger partial charge in [-0.1, -0.05) is 44.1 Å². The van der Waals surface area contributed by atoms with Crippen molar-refractivity contribution in [2.45, 2.75) is 65.3 Å². The van der Waals surface area contributed by atoms with Gasteiger partial charge in [-0.05, 0) is 67.3 Å². The second-order valence-corrected chi connectivity index (χ2v) is 12.3. The van der Waals surface area contributed by atoms with Gasteiger partial charge in [0, 0.05) is 16.4 Å². The molecule has 0 spiro atoms. The van der Waals surface area contributed by atoms with Crippen LogP contribution in [0.5, 0.6) is 5.75 Å². The lowest BCUT2D eigenvalue weighted by molar-refractivity contribution is -0.113. The number of carbonyl (C=O) groups excluding carboxylic acids is 1. The molecule has 0 unspecified atom stereocenters. The maximum atomic E-state index is 12.8. The minimum Gasteiger partial charge on any atom is -0.486 e. The molecule has 1 amide bonds. The number of amides is 1. The average molecular weight is 544 g/mol. The van der Waals surface area contributed by atoms with Crippen molar-refractivity contribution in [3.05, 3.63) is 51.1 Å². The summed E-state index contributed by atoms with van der Waals surface area (Å²) in [5.41, 5.74) is 1.96. The number of hydrogen-bond acceptors (Lipinski definition) is 7. The highest BCUT2D eigenvalue weighted by molar-refractivity contribution is 7.99. The van der Waals surface area contributed by atoms with Crippen LogP contribution in [0.15, 0.2) is 29.4 Å². The third-order valence-electron chi connectivity index (χ3n) is 6.48. The number of ether oxygens (including phenoxy) is 1. The highest BCUT2D eigenvalue weighted by Gasteiger charge is 2.32. The molecule has 0 aliphatic heterocycles. The van der Waals surface area contributed by atoms with E-state index in [2.05, 4.69) is 42.4 Å². The molecule has 36 heavy (non-hydrogen) atoms. The van der Waals surface area contributed by atoms with Crippen molar-refractivity contribution in [1.29, 1.82) is 5.26 Å². The molecule has 2 heterocycles. The first-order valence-electron chi connectivity index (χ1n) is 12.0. The van der Waals surface area contributed by atoms with Gasteiger partial charge in [0.2, 0.25) is 5.91 Å². The number of nitrogens with one attached hydrogen (secondary N) is 1. The number of fused-ring (bicyclic) bond motifs is 1. The number of thioether (sulfide) groups is 1. The normalized spacial score (nSPS) is 15.3. The number of rotatable bonds is 8. The van der Waals surface area contributed by atoms with Crippen molar-refractivity contribution < 1.29 is 9.53 Å². The average Bonchev–Trinajstić information content (AvgIpc) is 3.40. The molecular formula is C26H30ClN5O2S2. The van der Waals surface area contributed by atoms with Crippen LogP contribution in [-0.2, 0) is 30.8 Å². The Hall–Kier alpha value is -2.54. The van der Waals surface area contributed by atoms with Crippen molar-refractivity contribution in [2.24, 2.45) is 11.3 Å². The fourth-order valence-electron chi connectivity index (χ4n) is 4.35. The molecule has 0 radical (unpaired) electrons. The minimum atomic E-state index is -0.160. The van der Waals surface area contributed by atoms with Gasteiger partial charge >= 0.3 is 0 Å².